The fourth-order valence-corrected chi connectivity index (χ4v) is 0.324. The molecule has 3 heteroatoms. The average molecular weight is 270 g/mol. The molecular weight excluding hydrogens is 249 g/mol. The molecule has 78 valence electrons. The van der Waals surface area contributed by atoms with Crippen LogP contribution in [0.3, 0.4) is 0 Å². The molecule has 2 nitrogen and oxygen atoms in total. The van der Waals surface area contributed by atoms with E-state index in [1.54, 1.807) is 0 Å². The van der Waals surface area contributed by atoms with Gasteiger partial charge in [-0.25, -0.2) is 0 Å². The predicted molar refractivity (Wildman–Crippen MR) is 61.1 cm³/mol. The number of hydrogen-bond donors (Lipinski definition) is 0. The molecule has 0 aliphatic heterocycles. The summed E-state index contributed by atoms with van der Waals surface area (Å²) in [5.41, 5.74) is 0. The first-order valence-corrected chi connectivity index (χ1v) is 4.71. The van der Waals surface area contributed by atoms with Crippen molar-refractivity contribution in [3.05, 3.63) is 11.8 Å². The summed E-state index contributed by atoms with van der Waals surface area (Å²) < 4.78 is 0. The van der Waals surface area contributed by atoms with Gasteiger partial charge in [0.1, 0.15) is 0 Å². The molecule has 0 heterocycles. The van der Waals surface area contributed by atoms with Gasteiger partial charge in [0.25, 0.3) is 0 Å². The SMILES string of the molecule is CC(C)[C-]=NC(=[N-])C(C)C.C[CH-]C.[Y+3]. The number of amidine groups is 1. The van der Waals surface area contributed by atoms with Gasteiger partial charge in [0.05, 0.1) is 0 Å². The third-order valence-corrected chi connectivity index (χ3v) is 0.954. The molecule has 0 aromatic rings. The monoisotopic (exact) mass is 270 g/mol. The van der Waals surface area contributed by atoms with Crippen molar-refractivity contribution in [1.29, 1.82) is 0 Å². The molecule has 0 aliphatic carbocycles. The Hall–Kier alpha value is 0.444. The Morgan fingerprint density at radius 2 is 1.57 bits per heavy atom. The van der Waals surface area contributed by atoms with Gasteiger partial charge >= 0.3 is 32.7 Å². The van der Waals surface area contributed by atoms with E-state index >= 15 is 0 Å². The zero-order chi connectivity index (χ0) is 10.9. The summed E-state index contributed by atoms with van der Waals surface area (Å²) in [5, 5.41) is 9.06. The summed E-state index contributed by atoms with van der Waals surface area (Å²) in [5.74, 6) is 0.542. The second-order valence-electron chi connectivity index (χ2n) is 3.49. The predicted octanol–water partition coefficient (Wildman–Crippen LogP) is 3.44. The van der Waals surface area contributed by atoms with Crippen LogP contribution in [0.2, 0.25) is 0 Å². The van der Waals surface area contributed by atoms with Crippen molar-refractivity contribution < 1.29 is 32.7 Å². The molecule has 0 aromatic carbocycles. The second kappa shape index (κ2) is 13.4. The van der Waals surface area contributed by atoms with Gasteiger partial charge in [0, 0.05) is 0 Å². The first-order valence-electron chi connectivity index (χ1n) is 4.71. The zero-order valence-electron chi connectivity index (χ0n) is 10.2. The standard InChI is InChI=1S/C8H14N2.C3H7.Y/c1-6(2)5-10-8(9)7(3)4;1-3-2;/h6-7H,1-4H3;3H,1-2H3;/q-2;-1;+3. The van der Waals surface area contributed by atoms with Crippen LogP contribution >= 0.6 is 0 Å². The maximum atomic E-state index is 9.06. The Balaban J connectivity index is -0.000000267. The first-order chi connectivity index (χ1) is 5.95. The Bertz CT molecular complexity index is 151. The third kappa shape index (κ3) is 18.3. The quantitative estimate of drug-likeness (QED) is 0.418. The van der Waals surface area contributed by atoms with Crippen molar-refractivity contribution in [3.63, 3.8) is 0 Å². The van der Waals surface area contributed by atoms with E-state index in [4.69, 9.17) is 5.41 Å². The molecule has 0 bridgehead atoms. The van der Waals surface area contributed by atoms with Crippen LogP contribution in [0.25, 0.3) is 5.41 Å². The first kappa shape index (κ1) is 19.9. The fourth-order valence-electron chi connectivity index (χ4n) is 0.324. The molecular formula is C11H21N2Y. The van der Waals surface area contributed by atoms with Gasteiger partial charge in [0.2, 0.25) is 0 Å². The minimum atomic E-state index is 0. The van der Waals surface area contributed by atoms with Crippen LogP contribution in [0, 0.1) is 18.3 Å². The Morgan fingerprint density at radius 1 is 1.21 bits per heavy atom. The zero-order valence-corrected chi connectivity index (χ0v) is 13.0. The van der Waals surface area contributed by atoms with Gasteiger partial charge in [-0.3, -0.25) is 5.84 Å². The maximum absolute atomic E-state index is 9.06. The van der Waals surface area contributed by atoms with Crippen LogP contribution in [-0.4, -0.2) is 12.1 Å². The van der Waals surface area contributed by atoms with E-state index in [1.807, 2.05) is 48.0 Å². The van der Waals surface area contributed by atoms with E-state index < -0.39 is 0 Å². The van der Waals surface area contributed by atoms with Crippen LogP contribution in [-0.2, 0) is 32.7 Å². The van der Waals surface area contributed by atoms with E-state index in [9.17, 15) is 0 Å². The molecule has 0 aliphatic rings. The van der Waals surface area contributed by atoms with Crippen molar-refractivity contribution in [2.75, 3.05) is 0 Å². The number of hydrogen-bond acceptors (Lipinski definition) is 0. The van der Waals surface area contributed by atoms with Crippen LogP contribution in [0.4, 0.5) is 0 Å². The number of aliphatic imine (C=N–C) groups is 1. The van der Waals surface area contributed by atoms with E-state index in [1.165, 1.54) is 0 Å². The van der Waals surface area contributed by atoms with Gasteiger partial charge in [-0.1, -0.05) is 33.6 Å². The van der Waals surface area contributed by atoms with Gasteiger partial charge in [-0.2, -0.15) is 13.8 Å². The van der Waals surface area contributed by atoms with Crippen LogP contribution in [0.1, 0.15) is 41.5 Å². The maximum Gasteiger partial charge on any atom is 3.00 e. The largest absolute Gasteiger partial charge is 3.00 e. The van der Waals surface area contributed by atoms with Gasteiger partial charge in [-0.05, 0) is 0 Å². The molecule has 0 aromatic heterocycles. The minimum absolute atomic E-state index is 0. The van der Waals surface area contributed by atoms with Gasteiger partial charge < -0.3 is 23.0 Å². The van der Waals surface area contributed by atoms with E-state index in [-0.39, 0.29) is 50.4 Å². The molecule has 0 unspecified atom stereocenters. The van der Waals surface area contributed by atoms with E-state index in [0.717, 1.165) is 0 Å². The van der Waals surface area contributed by atoms with Crippen molar-refractivity contribution in [1.82, 2.24) is 0 Å². The van der Waals surface area contributed by atoms with Crippen molar-refractivity contribution in [3.8, 4) is 0 Å². The number of nitrogens with zero attached hydrogens (tertiary/aromatic N) is 2. The second-order valence-corrected chi connectivity index (χ2v) is 3.49. The fraction of sp³-hybridized carbons (Fsp3) is 0.727. The van der Waals surface area contributed by atoms with Crippen LogP contribution in [0.5, 0.6) is 0 Å². The van der Waals surface area contributed by atoms with E-state index in [2.05, 4.69) is 11.2 Å². The number of rotatable bonds is 2. The molecule has 14 heavy (non-hydrogen) atoms. The Kier molecular flexibility index (Phi) is 19.1. The van der Waals surface area contributed by atoms with E-state index in [0.29, 0.717) is 0 Å². The average Bonchev–Trinajstić information content (AvgIpc) is 2.01. The normalized spacial score (nSPS) is 9.71. The van der Waals surface area contributed by atoms with Gasteiger partial charge in [0.15, 0.2) is 0 Å². The molecule has 0 saturated heterocycles. The molecule has 0 fully saturated rings. The summed E-state index contributed by atoms with van der Waals surface area (Å²) in [6.45, 7) is 11.7. The summed E-state index contributed by atoms with van der Waals surface area (Å²) in [7, 11) is 0. The molecule has 0 atom stereocenters. The van der Waals surface area contributed by atoms with Crippen molar-refractivity contribution >= 4 is 12.1 Å². The van der Waals surface area contributed by atoms with Crippen molar-refractivity contribution in [2.45, 2.75) is 41.5 Å². The molecule has 0 radical (unpaired) electrons. The third-order valence-electron chi connectivity index (χ3n) is 0.954. The molecule has 0 spiro atoms. The van der Waals surface area contributed by atoms with Crippen LogP contribution < -0.4 is 0 Å². The molecule has 0 amide bonds. The Morgan fingerprint density at radius 3 is 1.79 bits per heavy atom. The minimum Gasteiger partial charge on any atom is -0.644 e. The summed E-state index contributed by atoms with van der Waals surface area (Å²) in [4.78, 5) is 3.75. The summed E-state index contributed by atoms with van der Waals surface area (Å²) >= 11 is 0. The molecule has 0 saturated carbocycles. The van der Waals surface area contributed by atoms with Gasteiger partial charge in [-0.15, -0.1) is 5.92 Å². The smallest absolute Gasteiger partial charge is 0.644 e. The summed E-state index contributed by atoms with van der Waals surface area (Å²) in [6, 6.07) is 0. The topological polar surface area (TPSA) is 34.7 Å². The van der Waals surface area contributed by atoms with Crippen molar-refractivity contribution in [2.24, 2.45) is 16.8 Å². The van der Waals surface area contributed by atoms with Crippen LogP contribution in [0.15, 0.2) is 4.99 Å². The Labute approximate surface area is 114 Å². The molecule has 0 N–H and O–H groups in total. The summed E-state index contributed by atoms with van der Waals surface area (Å²) in [6.07, 6.45) is 4.76. The molecule has 0 rings (SSSR count).